The lowest BCUT2D eigenvalue weighted by Crippen LogP contribution is -2.45. The summed E-state index contributed by atoms with van der Waals surface area (Å²) in [5.74, 6) is 1.34. The molecule has 0 spiro atoms. The molecular formula is C17H22O2. The van der Waals surface area contributed by atoms with Crippen LogP contribution in [-0.2, 0) is 4.74 Å². The molecular weight excluding hydrogens is 236 g/mol. The van der Waals surface area contributed by atoms with Crippen molar-refractivity contribution < 1.29 is 9.84 Å². The van der Waals surface area contributed by atoms with Gasteiger partial charge in [0, 0.05) is 11.5 Å². The number of para-hydroxylation sites is 1. The maximum absolute atomic E-state index is 10.1. The van der Waals surface area contributed by atoms with Crippen molar-refractivity contribution in [3.63, 3.8) is 0 Å². The van der Waals surface area contributed by atoms with E-state index in [1.54, 1.807) is 6.07 Å². The van der Waals surface area contributed by atoms with Crippen LogP contribution in [0.2, 0.25) is 0 Å². The van der Waals surface area contributed by atoms with E-state index in [1.165, 1.54) is 5.57 Å². The number of hydrogen-bond donors (Lipinski definition) is 1. The van der Waals surface area contributed by atoms with Crippen LogP contribution in [-0.4, -0.2) is 10.7 Å². The van der Waals surface area contributed by atoms with Gasteiger partial charge in [-0.25, -0.2) is 0 Å². The zero-order valence-corrected chi connectivity index (χ0v) is 11.9. The molecule has 0 aromatic heterocycles. The van der Waals surface area contributed by atoms with Crippen LogP contribution in [0.15, 0.2) is 35.9 Å². The Hall–Kier alpha value is -1.28. The van der Waals surface area contributed by atoms with E-state index in [2.05, 4.69) is 26.8 Å². The summed E-state index contributed by atoms with van der Waals surface area (Å²) in [7, 11) is 0. The van der Waals surface area contributed by atoms with Crippen LogP contribution >= 0.6 is 0 Å². The molecule has 1 N–H and O–H groups in total. The first-order valence-corrected chi connectivity index (χ1v) is 7.11. The number of aromatic hydroxyl groups is 1. The van der Waals surface area contributed by atoms with Crippen molar-refractivity contribution in [1.82, 2.24) is 0 Å². The third kappa shape index (κ3) is 2.08. The summed E-state index contributed by atoms with van der Waals surface area (Å²) in [6, 6.07) is 7.57. The zero-order chi connectivity index (χ0) is 13.6. The first kappa shape index (κ1) is 12.7. The number of phenols is 1. The highest BCUT2D eigenvalue weighted by atomic mass is 16.5. The average Bonchev–Trinajstić information content (AvgIpc) is 2.37. The summed E-state index contributed by atoms with van der Waals surface area (Å²) in [4.78, 5) is 0. The van der Waals surface area contributed by atoms with Crippen LogP contribution in [0.25, 0.3) is 0 Å². The summed E-state index contributed by atoms with van der Waals surface area (Å²) in [6.07, 6.45) is 4.61. The molecule has 1 heterocycles. The maximum atomic E-state index is 10.1. The van der Waals surface area contributed by atoms with Crippen LogP contribution in [0.4, 0.5) is 0 Å². The molecule has 3 rings (SSSR count). The SMILES string of the molecule is CC1=CCC2CC1C(c1ccccc1O)OC2(C)C. The van der Waals surface area contributed by atoms with Crippen molar-refractivity contribution >= 4 is 0 Å². The van der Waals surface area contributed by atoms with Gasteiger partial charge in [-0.15, -0.1) is 0 Å². The Morgan fingerprint density at radius 1 is 1.26 bits per heavy atom. The summed E-state index contributed by atoms with van der Waals surface area (Å²) in [6.45, 7) is 6.54. The predicted octanol–water partition coefficient (Wildman–Crippen LogP) is 4.21. The first-order chi connectivity index (χ1) is 8.99. The van der Waals surface area contributed by atoms with Crippen LogP contribution < -0.4 is 0 Å². The van der Waals surface area contributed by atoms with E-state index < -0.39 is 0 Å². The van der Waals surface area contributed by atoms with E-state index in [-0.39, 0.29) is 11.7 Å². The van der Waals surface area contributed by atoms with Crippen LogP contribution in [0.1, 0.15) is 45.3 Å². The molecule has 1 aromatic carbocycles. The molecule has 3 unspecified atom stereocenters. The van der Waals surface area contributed by atoms with Gasteiger partial charge in [0.1, 0.15) is 5.75 Å². The van der Waals surface area contributed by atoms with Crippen molar-refractivity contribution in [1.29, 1.82) is 0 Å². The number of hydrogen-bond acceptors (Lipinski definition) is 2. The lowest BCUT2D eigenvalue weighted by atomic mass is 9.68. The minimum absolute atomic E-state index is 0.0241. The smallest absolute Gasteiger partial charge is 0.121 e. The number of rotatable bonds is 1. The van der Waals surface area contributed by atoms with Crippen molar-refractivity contribution in [3.8, 4) is 5.75 Å². The highest BCUT2D eigenvalue weighted by Gasteiger charge is 2.45. The number of ether oxygens (including phenoxy) is 1. The fraction of sp³-hybridized carbons (Fsp3) is 0.529. The Morgan fingerprint density at radius 2 is 2.00 bits per heavy atom. The second kappa shape index (κ2) is 4.38. The Balaban J connectivity index is 2.03. The molecule has 2 nitrogen and oxygen atoms in total. The van der Waals surface area contributed by atoms with Gasteiger partial charge >= 0.3 is 0 Å². The van der Waals surface area contributed by atoms with Gasteiger partial charge in [-0.3, -0.25) is 0 Å². The molecule has 0 saturated carbocycles. The van der Waals surface area contributed by atoms with Gasteiger partial charge in [0.25, 0.3) is 0 Å². The van der Waals surface area contributed by atoms with Gasteiger partial charge in [-0.1, -0.05) is 29.8 Å². The average molecular weight is 258 g/mol. The lowest BCUT2D eigenvalue weighted by molar-refractivity contribution is -0.167. The van der Waals surface area contributed by atoms with Gasteiger partial charge < -0.3 is 9.84 Å². The Bertz CT molecular complexity index is 516. The lowest BCUT2D eigenvalue weighted by Gasteiger charge is -2.49. The first-order valence-electron chi connectivity index (χ1n) is 7.11. The molecule has 3 atom stereocenters. The van der Waals surface area contributed by atoms with E-state index in [0.29, 0.717) is 17.6 Å². The van der Waals surface area contributed by atoms with Gasteiger partial charge in [0.15, 0.2) is 0 Å². The number of phenolic OH excluding ortho intramolecular Hbond substituents is 1. The van der Waals surface area contributed by atoms with Gasteiger partial charge in [-0.2, -0.15) is 0 Å². The summed E-state index contributed by atoms with van der Waals surface area (Å²) < 4.78 is 6.38. The molecule has 0 radical (unpaired) electrons. The second-order valence-electron chi connectivity index (χ2n) is 6.42. The molecule has 1 saturated heterocycles. The molecule has 102 valence electrons. The van der Waals surface area contributed by atoms with Crippen LogP contribution in [0.3, 0.4) is 0 Å². The van der Waals surface area contributed by atoms with E-state index in [1.807, 2.05) is 18.2 Å². The van der Waals surface area contributed by atoms with Gasteiger partial charge in [0.2, 0.25) is 0 Å². The molecule has 1 fully saturated rings. The number of fused-ring (bicyclic) bond motifs is 2. The molecule has 19 heavy (non-hydrogen) atoms. The molecule has 1 aliphatic carbocycles. The van der Waals surface area contributed by atoms with Crippen molar-refractivity contribution in [2.75, 3.05) is 0 Å². The molecule has 1 aliphatic heterocycles. The maximum Gasteiger partial charge on any atom is 0.121 e. The largest absolute Gasteiger partial charge is 0.508 e. The fourth-order valence-electron chi connectivity index (χ4n) is 3.51. The third-order valence-electron chi connectivity index (χ3n) is 4.87. The fourth-order valence-corrected chi connectivity index (χ4v) is 3.51. The molecule has 1 aromatic rings. The summed E-state index contributed by atoms with van der Waals surface area (Å²) >= 11 is 0. The topological polar surface area (TPSA) is 29.5 Å². The van der Waals surface area contributed by atoms with Crippen LogP contribution in [0, 0.1) is 11.8 Å². The van der Waals surface area contributed by atoms with Gasteiger partial charge in [-0.05, 0) is 45.6 Å². The Labute approximate surface area is 115 Å². The normalized spacial score (nSPS) is 32.8. The quantitative estimate of drug-likeness (QED) is 0.764. The van der Waals surface area contributed by atoms with Crippen molar-refractivity contribution in [2.24, 2.45) is 11.8 Å². The Morgan fingerprint density at radius 3 is 2.74 bits per heavy atom. The van der Waals surface area contributed by atoms with E-state index in [0.717, 1.165) is 18.4 Å². The zero-order valence-electron chi connectivity index (χ0n) is 11.9. The second-order valence-corrected chi connectivity index (χ2v) is 6.42. The minimum atomic E-state index is -0.124. The molecule has 2 bridgehead atoms. The summed E-state index contributed by atoms with van der Waals surface area (Å²) in [5.41, 5.74) is 2.20. The van der Waals surface area contributed by atoms with Crippen LogP contribution in [0.5, 0.6) is 5.75 Å². The standard InChI is InChI=1S/C17H22O2/c1-11-8-9-12-10-14(11)16(19-17(12,2)3)13-6-4-5-7-15(13)18/h4-8,12,14,16,18H,9-10H2,1-3H3. The Kier molecular flexibility index (Phi) is 2.94. The van der Waals surface area contributed by atoms with Crippen molar-refractivity contribution in [3.05, 3.63) is 41.5 Å². The van der Waals surface area contributed by atoms with Gasteiger partial charge in [0.05, 0.1) is 11.7 Å². The van der Waals surface area contributed by atoms with Crippen molar-refractivity contribution in [2.45, 2.75) is 45.3 Å². The third-order valence-corrected chi connectivity index (χ3v) is 4.87. The molecule has 0 amide bonds. The number of allylic oxidation sites excluding steroid dienone is 1. The molecule has 2 heteroatoms. The van der Waals surface area contributed by atoms with E-state index in [9.17, 15) is 5.11 Å². The summed E-state index contributed by atoms with van der Waals surface area (Å²) in [5, 5.41) is 10.1. The highest BCUT2D eigenvalue weighted by molar-refractivity contribution is 5.36. The van der Waals surface area contributed by atoms with E-state index >= 15 is 0 Å². The molecule has 2 aliphatic rings. The minimum Gasteiger partial charge on any atom is -0.508 e. The number of benzene rings is 1. The predicted molar refractivity (Wildman–Crippen MR) is 76.0 cm³/mol. The van der Waals surface area contributed by atoms with E-state index in [4.69, 9.17) is 4.74 Å². The highest BCUT2D eigenvalue weighted by Crippen LogP contribution is 2.52. The monoisotopic (exact) mass is 258 g/mol.